The number of allylic oxidation sites excluding steroid dienone is 4. The molecule has 0 amide bonds. The molecule has 0 unspecified atom stereocenters. The molecule has 3 atom stereocenters. The first-order valence-electron chi connectivity index (χ1n) is 5.69. The van der Waals surface area contributed by atoms with Crippen molar-refractivity contribution in [3.05, 3.63) is 23.8 Å². The first kappa shape index (κ1) is 9.34. The minimum atomic E-state index is -0.541. The molecule has 3 rings (SSSR count). The summed E-state index contributed by atoms with van der Waals surface area (Å²) in [5.74, 6) is 0.521. The van der Waals surface area contributed by atoms with Crippen LogP contribution >= 0.6 is 0 Å². The molecule has 2 nitrogen and oxygen atoms in total. The number of carbonyl (C=O) groups is 1. The Balaban J connectivity index is 2.06. The van der Waals surface area contributed by atoms with Crippen molar-refractivity contribution in [2.24, 2.45) is 11.3 Å². The summed E-state index contributed by atoms with van der Waals surface area (Å²) in [4.78, 5) is 11.3. The van der Waals surface area contributed by atoms with Crippen molar-refractivity contribution in [1.82, 2.24) is 0 Å². The second-order valence-corrected chi connectivity index (χ2v) is 5.54. The fraction of sp³-hybridized carbons (Fsp3) is 0.615. The summed E-state index contributed by atoms with van der Waals surface area (Å²) in [5.41, 5.74) is 0.727. The SMILES string of the molecule is C[C@]1(O)C[C@@]23C=CC(=O)C=C2CC[C@@H]1C3. The average molecular weight is 204 g/mol. The summed E-state index contributed by atoms with van der Waals surface area (Å²) in [5, 5.41) is 10.3. The van der Waals surface area contributed by atoms with Gasteiger partial charge in [-0.2, -0.15) is 0 Å². The molecular weight excluding hydrogens is 188 g/mol. The van der Waals surface area contributed by atoms with Crippen molar-refractivity contribution in [1.29, 1.82) is 0 Å². The van der Waals surface area contributed by atoms with Crippen LogP contribution in [0.15, 0.2) is 23.8 Å². The van der Waals surface area contributed by atoms with E-state index in [4.69, 9.17) is 0 Å². The Bertz CT molecular complexity index is 389. The summed E-state index contributed by atoms with van der Waals surface area (Å²) < 4.78 is 0. The molecule has 2 saturated carbocycles. The molecule has 0 radical (unpaired) electrons. The van der Waals surface area contributed by atoms with Gasteiger partial charge < -0.3 is 5.11 Å². The average Bonchev–Trinajstić information content (AvgIpc) is 2.36. The van der Waals surface area contributed by atoms with Crippen molar-refractivity contribution < 1.29 is 9.90 Å². The number of ketones is 1. The first-order chi connectivity index (χ1) is 7.02. The Hall–Kier alpha value is -0.890. The second-order valence-electron chi connectivity index (χ2n) is 5.54. The fourth-order valence-corrected chi connectivity index (χ4v) is 3.66. The molecular formula is C13H16O2. The summed E-state index contributed by atoms with van der Waals surface area (Å²) in [7, 11) is 0. The van der Waals surface area contributed by atoms with Gasteiger partial charge in [-0.15, -0.1) is 0 Å². The maximum Gasteiger partial charge on any atom is 0.178 e. The van der Waals surface area contributed by atoms with E-state index in [1.807, 2.05) is 13.0 Å². The van der Waals surface area contributed by atoms with Crippen LogP contribution in [0, 0.1) is 11.3 Å². The van der Waals surface area contributed by atoms with Crippen molar-refractivity contribution >= 4 is 5.78 Å². The minimum Gasteiger partial charge on any atom is -0.390 e. The third-order valence-corrected chi connectivity index (χ3v) is 4.45. The number of hydrogen-bond donors (Lipinski definition) is 1. The van der Waals surface area contributed by atoms with Crippen molar-refractivity contribution in [3.63, 3.8) is 0 Å². The van der Waals surface area contributed by atoms with Crippen LogP contribution in [0.3, 0.4) is 0 Å². The van der Waals surface area contributed by atoms with Gasteiger partial charge in [0.1, 0.15) is 0 Å². The third kappa shape index (κ3) is 1.18. The van der Waals surface area contributed by atoms with Crippen LogP contribution in [0.25, 0.3) is 0 Å². The largest absolute Gasteiger partial charge is 0.390 e. The van der Waals surface area contributed by atoms with E-state index in [0.717, 1.165) is 25.7 Å². The minimum absolute atomic E-state index is 0.0142. The summed E-state index contributed by atoms with van der Waals surface area (Å²) in [6.07, 6.45) is 9.33. The normalized spacial score (nSPS) is 47.7. The second kappa shape index (κ2) is 2.62. The lowest BCUT2D eigenvalue weighted by molar-refractivity contribution is -0.110. The molecule has 3 aliphatic rings. The molecule has 2 fully saturated rings. The lowest BCUT2D eigenvalue weighted by Crippen LogP contribution is -2.28. The van der Waals surface area contributed by atoms with E-state index in [1.165, 1.54) is 5.57 Å². The van der Waals surface area contributed by atoms with Crippen LogP contribution in [0.1, 0.15) is 32.6 Å². The van der Waals surface area contributed by atoms with Gasteiger partial charge in [0.25, 0.3) is 0 Å². The summed E-state index contributed by atoms with van der Waals surface area (Å²) >= 11 is 0. The molecule has 2 heteroatoms. The van der Waals surface area contributed by atoms with Crippen LogP contribution in [0.4, 0.5) is 0 Å². The van der Waals surface area contributed by atoms with Gasteiger partial charge in [-0.3, -0.25) is 4.79 Å². The molecule has 15 heavy (non-hydrogen) atoms. The maximum absolute atomic E-state index is 11.3. The van der Waals surface area contributed by atoms with Gasteiger partial charge >= 0.3 is 0 Å². The van der Waals surface area contributed by atoms with Gasteiger partial charge in [0.05, 0.1) is 5.60 Å². The zero-order valence-electron chi connectivity index (χ0n) is 8.99. The van der Waals surface area contributed by atoms with Gasteiger partial charge in [0.2, 0.25) is 0 Å². The van der Waals surface area contributed by atoms with Gasteiger partial charge in [-0.05, 0) is 50.7 Å². The zero-order valence-corrected chi connectivity index (χ0v) is 8.99. The number of rotatable bonds is 0. The first-order valence-corrected chi connectivity index (χ1v) is 5.69. The lowest BCUT2D eigenvalue weighted by Gasteiger charge is -2.34. The predicted molar refractivity (Wildman–Crippen MR) is 57.2 cm³/mol. The number of carbonyl (C=O) groups excluding carboxylic acids is 1. The Kier molecular flexibility index (Phi) is 1.63. The van der Waals surface area contributed by atoms with E-state index < -0.39 is 5.60 Å². The Labute approximate surface area is 89.7 Å². The van der Waals surface area contributed by atoms with Crippen LogP contribution in [0.2, 0.25) is 0 Å². The Morgan fingerprint density at radius 1 is 1.53 bits per heavy atom. The van der Waals surface area contributed by atoms with E-state index in [0.29, 0.717) is 5.92 Å². The highest BCUT2D eigenvalue weighted by atomic mass is 16.3. The smallest absolute Gasteiger partial charge is 0.178 e. The van der Waals surface area contributed by atoms with Crippen LogP contribution in [0.5, 0.6) is 0 Å². The van der Waals surface area contributed by atoms with Gasteiger partial charge in [-0.25, -0.2) is 0 Å². The predicted octanol–water partition coefficient (Wildman–Crippen LogP) is 1.99. The van der Waals surface area contributed by atoms with Crippen molar-refractivity contribution in [2.45, 2.75) is 38.2 Å². The zero-order chi connectivity index (χ0) is 10.7. The van der Waals surface area contributed by atoms with E-state index in [-0.39, 0.29) is 11.2 Å². The number of aliphatic hydroxyl groups is 1. The highest BCUT2D eigenvalue weighted by Gasteiger charge is 2.54. The van der Waals surface area contributed by atoms with Gasteiger partial charge in [0, 0.05) is 5.41 Å². The molecule has 1 spiro atoms. The quantitative estimate of drug-likeness (QED) is 0.655. The summed E-state index contributed by atoms with van der Waals surface area (Å²) in [6.45, 7) is 1.94. The van der Waals surface area contributed by atoms with Gasteiger partial charge in [-0.1, -0.05) is 11.6 Å². The van der Waals surface area contributed by atoms with E-state index in [2.05, 4.69) is 0 Å². The maximum atomic E-state index is 11.3. The molecule has 1 N–H and O–H groups in total. The standard InChI is InChI=1S/C13H16O2/c1-12(15)8-13-5-4-11(14)6-9(13)2-3-10(12)7-13/h4-6,10,15H,2-3,7-8H2,1H3/t10-,12+,13+/m1/s1. The highest BCUT2D eigenvalue weighted by Crippen LogP contribution is 2.59. The van der Waals surface area contributed by atoms with Crippen molar-refractivity contribution in [3.8, 4) is 0 Å². The molecule has 0 aromatic heterocycles. The Morgan fingerprint density at radius 2 is 2.33 bits per heavy atom. The number of hydrogen-bond acceptors (Lipinski definition) is 2. The van der Waals surface area contributed by atoms with Gasteiger partial charge in [0.15, 0.2) is 5.78 Å². The van der Waals surface area contributed by atoms with Crippen molar-refractivity contribution in [2.75, 3.05) is 0 Å². The van der Waals surface area contributed by atoms with E-state index in [1.54, 1.807) is 12.2 Å². The Morgan fingerprint density at radius 3 is 3.13 bits per heavy atom. The van der Waals surface area contributed by atoms with E-state index in [9.17, 15) is 9.90 Å². The number of fused-ring (bicyclic) bond motifs is 1. The molecule has 0 aromatic carbocycles. The monoisotopic (exact) mass is 204 g/mol. The fourth-order valence-electron chi connectivity index (χ4n) is 3.66. The molecule has 0 heterocycles. The summed E-state index contributed by atoms with van der Waals surface area (Å²) in [6, 6.07) is 0. The molecule has 0 saturated heterocycles. The molecule has 2 bridgehead atoms. The molecule has 80 valence electrons. The molecule has 3 aliphatic carbocycles. The topological polar surface area (TPSA) is 37.3 Å². The van der Waals surface area contributed by atoms with E-state index >= 15 is 0 Å². The highest BCUT2D eigenvalue weighted by molar-refractivity contribution is 6.01. The van der Waals surface area contributed by atoms with Crippen LogP contribution in [-0.2, 0) is 4.79 Å². The third-order valence-electron chi connectivity index (χ3n) is 4.45. The van der Waals surface area contributed by atoms with Crippen LogP contribution < -0.4 is 0 Å². The molecule has 0 aliphatic heterocycles. The molecule has 0 aromatic rings. The lowest BCUT2D eigenvalue weighted by atomic mass is 9.69. The van der Waals surface area contributed by atoms with Crippen LogP contribution in [-0.4, -0.2) is 16.5 Å².